The summed E-state index contributed by atoms with van der Waals surface area (Å²) in [4.78, 5) is 28.2. The molecule has 0 radical (unpaired) electrons. The average Bonchev–Trinajstić information content (AvgIpc) is 3.85. The Hall–Kier alpha value is -3.47. The van der Waals surface area contributed by atoms with Gasteiger partial charge in [0.05, 0.1) is 12.2 Å². The Labute approximate surface area is 245 Å². The molecule has 2 aromatic rings. The number of anilines is 1. The molecule has 0 unspecified atom stereocenters. The van der Waals surface area contributed by atoms with E-state index in [0.29, 0.717) is 24.3 Å². The SMILES string of the molecule is CC.CCCNC.CN1CCN(C(=O)CNC(=O)c2ccc(N(N)/C=C\N)cc2)CC1.Fc1ccc(C2CC2)cc1. The summed E-state index contributed by atoms with van der Waals surface area (Å²) in [6.45, 7) is 10.4. The number of rotatable bonds is 8. The van der Waals surface area contributed by atoms with Crippen LogP contribution in [0.5, 0.6) is 0 Å². The number of benzene rings is 2. The number of hydrogen-bond acceptors (Lipinski definition) is 7. The molecule has 0 aromatic heterocycles. The first-order chi connectivity index (χ1) is 19.8. The molecule has 4 rings (SSSR count). The number of amides is 2. The van der Waals surface area contributed by atoms with Gasteiger partial charge in [0.25, 0.3) is 5.91 Å². The number of halogens is 1. The average molecular weight is 572 g/mol. The Morgan fingerprint density at radius 2 is 1.61 bits per heavy atom. The molecule has 6 N–H and O–H groups in total. The van der Waals surface area contributed by atoms with Gasteiger partial charge in [-0.3, -0.25) is 14.6 Å². The van der Waals surface area contributed by atoms with Crippen molar-refractivity contribution < 1.29 is 14.0 Å². The van der Waals surface area contributed by atoms with E-state index in [1.165, 1.54) is 54.4 Å². The van der Waals surface area contributed by atoms with Crippen molar-refractivity contribution in [2.24, 2.45) is 11.6 Å². The van der Waals surface area contributed by atoms with Crippen LogP contribution in [0, 0.1) is 5.82 Å². The number of piperazine rings is 1. The number of nitrogens with two attached hydrogens (primary N) is 2. The molecule has 10 heteroatoms. The molecule has 2 amide bonds. The minimum atomic E-state index is -0.290. The van der Waals surface area contributed by atoms with Crippen LogP contribution in [0.1, 0.15) is 61.9 Å². The van der Waals surface area contributed by atoms with Gasteiger partial charge in [0.2, 0.25) is 5.91 Å². The number of hydrogen-bond donors (Lipinski definition) is 4. The van der Waals surface area contributed by atoms with Crippen LogP contribution >= 0.6 is 0 Å². The fraction of sp³-hybridized carbons (Fsp3) is 0.484. The van der Waals surface area contributed by atoms with Crippen molar-refractivity contribution in [2.75, 3.05) is 58.4 Å². The topological polar surface area (TPSA) is 120 Å². The highest BCUT2D eigenvalue weighted by Crippen LogP contribution is 2.39. The number of nitrogens with one attached hydrogen (secondary N) is 2. The summed E-state index contributed by atoms with van der Waals surface area (Å²) in [6.07, 6.45) is 6.63. The zero-order valence-corrected chi connectivity index (χ0v) is 25.4. The fourth-order valence-electron chi connectivity index (χ4n) is 3.79. The maximum absolute atomic E-state index is 12.4. The Morgan fingerprint density at radius 3 is 2.07 bits per heavy atom. The van der Waals surface area contributed by atoms with Crippen LogP contribution in [-0.2, 0) is 4.79 Å². The van der Waals surface area contributed by atoms with E-state index in [9.17, 15) is 14.0 Å². The third-order valence-corrected chi connectivity index (χ3v) is 6.35. The molecule has 1 aliphatic carbocycles. The van der Waals surface area contributed by atoms with E-state index in [0.717, 1.165) is 25.6 Å². The lowest BCUT2D eigenvalue weighted by Gasteiger charge is -2.32. The Bertz CT molecular complexity index is 1020. The monoisotopic (exact) mass is 571 g/mol. The van der Waals surface area contributed by atoms with Crippen LogP contribution in [0.15, 0.2) is 60.9 Å². The van der Waals surface area contributed by atoms with E-state index in [-0.39, 0.29) is 24.2 Å². The van der Waals surface area contributed by atoms with Gasteiger partial charge >= 0.3 is 0 Å². The zero-order valence-electron chi connectivity index (χ0n) is 25.4. The predicted octanol–water partition coefficient (Wildman–Crippen LogP) is 3.65. The lowest BCUT2D eigenvalue weighted by atomic mass is 10.1. The fourth-order valence-corrected chi connectivity index (χ4v) is 3.79. The van der Waals surface area contributed by atoms with E-state index < -0.39 is 0 Å². The van der Waals surface area contributed by atoms with Gasteiger partial charge in [-0.25, -0.2) is 10.2 Å². The van der Waals surface area contributed by atoms with E-state index >= 15 is 0 Å². The molecule has 0 atom stereocenters. The molecule has 1 saturated carbocycles. The summed E-state index contributed by atoms with van der Waals surface area (Å²) in [5.41, 5.74) is 7.73. The van der Waals surface area contributed by atoms with Crippen LogP contribution in [0.2, 0.25) is 0 Å². The minimum absolute atomic E-state index is 0.00320. The molecule has 2 aromatic carbocycles. The van der Waals surface area contributed by atoms with Gasteiger partial charge in [-0.1, -0.05) is 32.9 Å². The van der Waals surface area contributed by atoms with E-state index in [4.69, 9.17) is 11.6 Å². The highest BCUT2D eigenvalue weighted by atomic mass is 19.1. The lowest BCUT2D eigenvalue weighted by Crippen LogP contribution is -2.50. The van der Waals surface area contributed by atoms with Gasteiger partial charge < -0.3 is 26.2 Å². The zero-order chi connectivity index (χ0) is 30.6. The van der Waals surface area contributed by atoms with Crippen molar-refractivity contribution in [1.29, 1.82) is 0 Å². The summed E-state index contributed by atoms with van der Waals surface area (Å²) < 4.78 is 12.4. The molecule has 0 spiro atoms. The number of nitrogens with zero attached hydrogens (tertiary/aromatic N) is 3. The largest absolute Gasteiger partial charge is 0.403 e. The van der Waals surface area contributed by atoms with E-state index in [1.54, 1.807) is 29.2 Å². The summed E-state index contributed by atoms with van der Waals surface area (Å²) >= 11 is 0. The second-order valence-electron chi connectivity index (χ2n) is 9.59. The Balaban J connectivity index is 0.000000402. The molecule has 2 aliphatic rings. The summed E-state index contributed by atoms with van der Waals surface area (Å²) in [7, 11) is 3.99. The highest BCUT2D eigenvalue weighted by Gasteiger charge is 2.23. The van der Waals surface area contributed by atoms with Gasteiger partial charge in [0.1, 0.15) is 5.82 Å². The first-order valence-corrected chi connectivity index (χ1v) is 14.5. The van der Waals surface area contributed by atoms with Gasteiger partial charge in [0.15, 0.2) is 0 Å². The Kier molecular flexibility index (Phi) is 17.7. The maximum Gasteiger partial charge on any atom is 0.251 e. The van der Waals surface area contributed by atoms with Crippen LogP contribution in [0.25, 0.3) is 0 Å². The van der Waals surface area contributed by atoms with Crippen LogP contribution in [0.4, 0.5) is 10.1 Å². The third-order valence-electron chi connectivity index (χ3n) is 6.35. The molecule has 9 nitrogen and oxygen atoms in total. The van der Waals surface area contributed by atoms with Crippen LogP contribution in [0.3, 0.4) is 0 Å². The van der Waals surface area contributed by atoms with Crippen molar-refractivity contribution in [3.63, 3.8) is 0 Å². The highest BCUT2D eigenvalue weighted by molar-refractivity contribution is 5.96. The second kappa shape index (κ2) is 20.4. The molecule has 2 fully saturated rings. The van der Waals surface area contributed by atoms with E-state index in [1.807, 2.05) is 40.1 Å². The molecule has 228 valence electrons. The molecule has 1 aliphatic heterocycles. The molecule has 1 heterocycles. The van der Waals surface area contributed by atoms with Crippen molar-refractivity contribution in [3.8, 4) is 0 Å². The number of hydrazine groups is 1. The predicted molar refractivity (Wildman–Crippen MR) is 167 cm³/mol. The molecule has 41 heavy (non-hydrogen) atoms. The summed E-state index contributed by atoms with van der Waals surface area (Å²) in [6, 6.07) is 13.5. The molecule has 0 bridgehead atoms. The normalized spacial score (nSPS) is 14.5. The van der Waals surface area contributed by atoms with E-state index in [2.05, 4.69) is 22.5 Å². The van der Waals surface area contributed by atoms with Crippen molar-refractivity contribution in [1.82, 2.24) is 20.4 Å². The quantitative estimate of drug-likeness (QED) is 0.282. The lowest BCUT2D eigenvalue weighted by molar-refractivity contribution is -0.131. The minimum Gasteiger partial charge on any atom is -0.403 e. The van der Waals surface area contributed by atoms with Crippen molar-refractivity contribution in [2.45, 2.75) is 46.0 Å². The van der Waals surface area contributed by atoms with Gasteiger partial charge in [-0.15, -0.1) is 0 Å². The number of likely N-dealkylation sites (N-methyl/N-ethyl adjacent to an activating group) is 1. The molecular weight excluding hydrogens is 521 g/mol. The molecular formula is C31H50FN7O2. The number of carbonyl (C=O) groups is 2. The van der Waals surface area contributed by atoms with Crippen LogP contribution < -0.4 is 27.2 Å². The first-order valence-electron chi connectivity index (χ1n) is 14.5. The summed E-state index contributed by atoms with van der Waals surface area (Å²) in [5, 5.41) is 7.02. The van der Waals surface area contributed by atoms with Crippen molar-refractivity contribution in [3.05, 3.63) is 77.9 Å². The third kappa shape index (κ3) is 14.1. The van der Waals surface area contributed by atoms with Crippen LogP contribution in [-0.4, -0.2) is 75.0 Å². The van der Waals surface area contributed by atoms with Gasteiger partial charge in [0, 0.05) is 44.1 Å². The smallest absolute Gasteiger partial charge is 0.251 e. The second-order valence-corrected chi connectivity index (χ2v) is 9.59. The number of carbonyl (C=O) groups excluding carboxylic acids is 2. The molecule has 1 saturated heterocycles. The Morgan fingerprint density at radius 1 is 1.02 bits per heavy atom. The van der Waals surface area contributed by atoms with Gasteiger partial charge in [-0.05, 0) is 87.8 Å². The van der Waals surface area contributed by atoms with Crippen molar-refractivity contribution >= 4 is 17.5 Å². The standard InChI is InChI=1S/C16H24N6O2.C9H9F.C4H11N.C2H6/c1-20-8-10-21(11-9-20)15(23)12-19-16(24)13-2-4-14(5-3-13)22(18)7-6-17;10-9-5-3-8(4-6-9)7-1-2-7;1-3-4-5-2;1-2/h2-7H,8-12,17-18H2,1H3,(H,19,24);3-7H,1-2H2;5H,3-4H2,1-2H3;1-2H3/b7-6-;;;. The maximum atomic E-state index is 12.4. The first kappa shape index (κ1) is 35.6. The summed E-state index contributed by atoms with van der Waals surface area (Å²) in [5.74, 6) is 5.99. The van der Waals surface area contributed by atoms with Gasteiger partial charge in [-0.2, -0.15) is 0 Å².